The second-order valence-electron chi connectivity index (χ2n) is 5.55. The topological polar surface area (TPSA) is 109 Å². The maximum atomic E-state index is 12.1. The standard InChI is InChI=1S/C16H18N2O5S2/c1-24(20,21)15-8-6-13(7-9-15)16(19)17-11-12-4-3-5-14(10-12)18-25(2,22)23/h3-10,18H,11H2,1-2H3,(H,17,19). The Morgan fingerprint density at radius 1 is 0.960 bits per heavy atom. The summed E-state index contributed by atoms with van der Waals surface area (Å²) in [4.78, 5) is 12.3. The summed E-state index contributed by atoms with van der Waals surface area (Å²) in [5, 5.41) is 2.70. The predicted octanol–water partition coefficient (Wildman–Crippen LogP) is 1.39. The van der Waals surface area contributed by atoms with Gasteiger partial charge in [0, 0.05) is 24.1 Å². The van der Waals surface area contributed by atoms with Crippen molar-refractivity contribution in [3.05, 3.63) is 59.7 Å². The van der Waals surface area contributed by atoms with Crippen molar-refractivity contribution in [3.63, 3.8) is 0 Å². The van der Waals surface area contributed by atoms with Gasteiger partial charge in [0.2, 0.25) is 10.0 Å². The molecule has 0 heterocycles. The summed E-state index contributed by atoms with van der Waals surface area (Å²) in [6.07, 6.45) is 2.15. The van der Waals surface area contributed by atoms with E-state index in [2.05, 4.69) is 10.0 Å². The molecule has 0 fully saturated rings. The third-order valence-electron chi connectivity index (χ3n) is 3.23. The van der Waals surface area contributed by atoms with Crippen LogP contribution in [0.4, 0.5) is 5.69 Å². The zero-order valence-electron chi connectivity index (χ0n) is 13.7. The molecule has 2 aromatic carbocycles. The highest BCUT2D eigenvalue weighted by Crippen LogP contribution is 2.13. The molecule has 25 heavy (non-hydrogen) atoms. The molecule has 7 nitrogen and oxygen atoms in total. The molecule has 0 aliphatic carbocycles. The van der Waals surface area contributed by atoms with Gasteiger partial charge in [0.05, 0.1) is 11.2 Å². The van der Waals surface area contributed by atoms with Gasteiger partial charge < -0.3 is 5.32 Å². The molecule has 0 aromatic heterocycles. The lowest BCUT2D eigenvalue weighted by Gasteiger charge is -2.08. The number of anilines is 1. The van der Waals surface area contributed by atoms with Gasteiger partial charge in [0.15, 0.2) is 9.84 Å². The van der Waals surface area contributed by atoms with Crippen LogP contribution in [0.3, 0.4) is 0 Å². The maximum absolute atomic E-state index is 12.1. The van der Waals surface area contributed by atoms with Crippen molar-refractivity contribution in [3.8, 4) is 0 Å². The Balaban J connectivity index is 2.04. The van der Waals surface area contributed by atoms with E-state index in [9.17, 15) is 21.6 Å². The van der Waals surface area contributed by atoms with Crippen LogP contribution in [0.1, 0.15) is 15.9 Å². The van der Waals surface area contributed by atoms with E-state index >= 15 is 0 Å². The number of amides is 1. The fourth-order valence-electron chi connectivity index (χ4n) is 2.10. The molecular formula is C16H18N2O5S2. The van der Waals surface area contributed by atoms with Crippen molar-refractivity contribution in [2.24, 2.45) is 0 Å². The molecule has 0 aliphatic rings. The van der Waals surface area contributed by atoms with Crippen LogP contribution in [0.2, 0.25) is 0 Å². The summed E-state index contributed by atoms with van der Waals surface area (Å²) in [5.41, 5.74) is 1.46. The largest absolute Gasteiger partial charge is 0.348 e. The Labute approximate surface area is 147 Å². The van der Waals surface area contributed by atoms with Gasteiger partial charge in [-0.2, -0.15) is 0 Å². The van der Waals surface area contributed by atoms with E-state index in [0.717, 1.165) is 18.1 Å². The van der Waals surface area contributed by atoms with Crippen LogP contribution in [0.15, 0.2) is 53.4 Å². The average molecular weight is 382 g/mol. The normalized spacial score (nSPS) is 11.8. The van der Waals surface area contributed by atoms with E-state index < -0.39 is 19.9 Å². The van der Waals surface area contributed by atoms with E-state index in [4.69, 9.17) is 0 Å². The van der Waals surface area contributed by atoms with Gasteiger partial charge in [-0.05, 0) is 42.0 Å². The average Bonchev–Trinajstić information content (AvgIpc) is 2.50. The van der Waals surface area contributed by atoms with E-state index in [1.165, 1.54) is 24.3 Å². The maximum Gasteiger partial charge on any atom is 0.251 e. The third-order valence-corrected chi connectivity index (χ3v) is 4.96. The van der Waals surface area contributed by atoms with Gasteiger partial charge in [-0.15, -0.1) is 0 Å². The van der Waals surface area contributed by atoms with Crippen LogP contribution in [0.5, 0.6) is 0 Å². The van der Waals surface area contributed by atoms with Crippen molar-refractivity contribution in [1.29, 1.82) is 0 Å². The number of carbonyl (C=O) groups excluding carboxylic acids is 1. The molecule has 0 saturated carbocycles. The zero-order chi connectivity index (χ0) is 18.7. The van der Waals surface area contributed by atoms with E-state index in [-0.39, 0.29) is 17.3 Å². The Bertz CT molecular complexity index is 981. The molecule has 0 spiro atoms. The minimum absolute atomic E-state index is 0.142. The number of carbonyl (C=O) groups is 1. The highest BCUT2D eigenvalue weighted by molar-refractivity contribution is 7.92. The lowest BCUT2D eigenvalue weighted by atomic mass is 10.2. The Morgan fingerprint density at radius 2 is 1.60 bits per heavy atom. The molecular weight excluding hydrogens is 364 g/mol. The van der Waals surface area contributed by atoms with Crippen LogP contribution >= 0.6 is 0 Å². The fourth-order valence-corrected chi connectivity index (χ4v) is 3.28. The van der Waals surface area contributed by atoms with Crippen LogP contribution in [-0.4, -0.2) is 35.3 Å². The number of benzene rings is 2. The summed E-state index contributed by atoms with van der Waals surface area (Å²) in [6.45, 7) is 0.200. The number of sulfone groups is 1. The van der Waals surface area contributed by atoms with Gasteiger partial charge in [-0.3, -0.25) is 9.52 Å². The molecule has 2 rings (SSSR count). The van der Waals surface area contributed by atoms with E-state index in [0.29, 0.717) is 11.3 Å². The van der Waals surface area contributed by atoms with Crippen molar-refractivity contribution >= 4 is 31.5 Å². The van der Waals surface area contributed by atoms with E-state index in [1.54, 1.807) is 24.3 Å². The SMILES string of the molecule is CS(=O)(=O)Nc1cccc(CNC(=O)c2ccc(S(C)(=O)=O)cc2)c1. The monoisotopic (exact) mass is 382 g/mol. The molecule has 2 aromatic rings. The number of hydrogen-bond donors (Lipinski definition) is 2. The second-order valence-corrected chi connectivity index (χ2v) is 9.32. The molecule has 0 bridgehead atoms. The van der Waals surface area contributed by atoms with Gasteiger partial charge in [-0.1, -0.05) is 12.1 Å². The van der Waals surface area contributed by atoms with Crippen molar-refractivity contribution < 1.29 is 21.6 Å². The van der Waals surface area contributed by atoms with Gasteiger partial charge in [0.25, 0.3) is 5.91 Å². The molecule has 1 amide bonds. The van der Waals surface area contributed by atoms with Gasteiger partial charge >= 0.3 is 0 Å². The fraction of sp³-hybridized carbons (Fsp3) is 0.188. The van der Waals surface area contributed by atoms with Crippen molar-refractivity contribution in [1.82, 2.24) is 5.32 Å². The van der Waals surface area contributed by atoms with Crippen LogP contribution in [-0.2, 0) is 26.4 Å². The molecule has 9 heteroatoms. The van der Waals surface area contributed by atoms with Gasteiger partial charge in [-0.25, -0.2) is 16.8 Å². The predicted molar refractivity (Wildman–Crippen MR) is 95.6 cm³/mol. The minimum Gasteiger partial charge on any atom is -0.348 e. The lowest BCUT2D eigenvalue weighted by molar-refractivity contribution is 0.0951. The van der Waals surface area contributed by atoms with Crippen molar-refractivity contribution in [2.45, 2.75) is 11.4 Å². The highest BCUT2D eigenvalue weighted by atomic mass is 32.2. The second kappa shape index (κ2) is 7.24. The smallest absolute Gasteiger partial charge is 0.251 e. The first-order chi connectivity index (χ1) is 11.5. The van der Waals surface area contributed by atoms with Crippen LogP contribution in [0.25, 0.3) is 0 Å². The summed E-state index contributed by atoms with van der Waals surface area (Å²) in [5.74, 6) is -0.360. The number of sulfonamides is 1. The van der Waals surface area contributed by atoms with Crippen molar-refractivity contribution in [2.75, 3.05) is 17.2 Å². The van der Waals surface area contributed by atoms with Crippen LogP contribution < -0.4 is 10.0 Å². The van der Waals surface area contributed by atoms with Crippen LogP contribution in [0, 0.1) is 0 Å². The summed E-state index contributed by atoms with van der Waals surface area (Å²) in [7, 11) is -6.68. The Morgan fingerprint density at radius 3 is 2.16 bits per heavy atom. The first-order valence-corrected chi connectivity index (χ1v) is 11.0. The highest BCUT2D eigenvalue weighted by Gasteiger charge is 2.10. The number of rotatable bonds is 6. The third kappa shape index (κ3) is 5.87. The molecule has 0 unspecified atom stereocenters. The Kier molecular flexibility index (Phi) is 5.48. The summed E-state index contributed by atoms with van der Waals surface area (Å²) in [6, 6.07) is 12.3. The lowest BCUT2D eigenvalue weighted by Crippen LogP contribution is -2.22. The molecule has 0 atom stereocenters. The molecule has 0 saturated heterocycles. The quantitative estimate of drug-likeness (QED) is 0.785. The zero-order valence-corrected chi connectivity index (χ0v) is 15.3. The Hall–Kier alpha value is -2.39. The summed E-state index contributed by atoms with van der Waals surface area (Å²) >= 11 is 0. The summed E-state index contributed by atoms with van der Waals surface area (Å²) < 4.78 is 47.7. The van der Waals surface area contributed by atoms with Gasteiger partial charge in [0.1, 0.15) is 0 Å². The number of hydrogen-bond acceptors (Lipinski definition) is 5. The van der Waals surface area contributed by atoms with E-state index in [1.807, 2.05) is 0 Å². The first-order valence-electron chi connectivity index (χ1n) is 7.20. The minimum atomic E-state index is -3.37. The molecule has 0 aliphatic heterocycles. The molecule has 2 N–H and O–H groups in total. The molecule has 134 valence electrons. The first kappa shape index (κ1) is 18.9. The number of nitrogens with one attached hydrogen (secondary N) is 2. The molecule has 0 radical (unpaired) electrons.